The summed E-state index contributed by atoms with van der Waals surface area (Å²) in [5.41, 5.74) is 3.20. The molecule has 0 saturated carbocycles. The molecule has 0 saturated heterocycles. The molecule has 4 rings (SSSR count). The Balaban J connectivity index is 1.54. The van der Waals surface area contributed by atoms with Crippen molar-refractivity contribution >= 4 is 21.8 Å². The highest BCUT2D eigenvalue weighted by molar-refractivity contribution is 7.90. The number of carbonyl (C=O) groups excluding carboxylic acids is 1. The van der Waals surface area contributed by atoms with Gasteiger partial charge in [-0.15, -0.1) is 0 Å². The maximum atomic E-state index is 13.2. The summed E-state index contributed by atoms with van der Waals surface area (Å²) in [5.74, 6) is 0.362. The largest absolute Gasteiger partial charge is 0.354 e. The summed E-state index contributed by atoms with van der Waals surface area (Å²) in [5, 5.41) is 3.10. The van der Waals surface area contributed by atoms with E-state index in [4.69, 9.17) is 0 Å². The molecule has 3 atom stereocenters. The number of benzene rings is 2. The van der Waals surface area contributed by atoms with E-state index in [9.17, 15) is 13.2 Å². The topological polar surface area (TPSA) is 87.6 Å². The number of amides is 1. The Kier molecular flexibility index (Phi) is 6.14. The maximum Gasteiger partial charge on any atom is 0.263 e. The third kappa shape index (κ3) is 4.37. The standard InChI is InChI=1S/C24H29N3O3S/c1-3-16(2)22(26-23-20-13-6-7-14-21(20)31(29,30)27-23)24(28)25-15-18-11-8-10-17-9-4-5-12-19(17)18/h4-7,9,12-14,16,18,22H,3,8,10-11,15H2,1-2H3,(H,25,28)(H,26,27)/t16-,18+,22-/m0/s1. The van der Waals surface area contributed by atoms with Gasteiger partial charge in [0.25, 0.3) is 10.0 Å². The zero-order valence-corrected chi connectivity index (χ0v) is 18.8. The lowest BCUT2D eigenvalue weighted by atomic mass is 9.83. The van der Waals surface area contributed by atoms with Gasteiger partial charge in [0.05, 0.1) is 4.90 Å². The normalized spacial score (nSPS) is 22.1. The van der Waals surface area contributed by atoms with Crippen molar-refractivity contribution in [3.63, 3.8) is 0 Å². The summed E-state index contributed by atoms with van der Waals surface area (Å²) in [7, 11) is -3.63. The van der Waals surface area contributed by atoms with E-state index < -0.39 is 16.1 Å². The highest BCUT2D eigenvalue weighted by atomic mass is 32.2. The molecule has 6 nitrogen and oxygen atoms in total. The Morgan fingerprint density at radius 1 is 1.19 bits per heavy atom. The van der Waals surface area contributed by atoms with Gasteiger partial charge in [0.1, 0.15) is 11.9 Å². The summed E-state index contributed by atoms with van der Waals surface area (Å²) < 4.78 is 27.3. The number of nitrogens with one attached hydrogen (secondary N) is 2. The van der Waals surface area contributed by atoms with Crippen LogP contribution in [0.25, 0.3) is 0 Å². The summed E-state index contributed by atoms with van der Waals surface area (Å²) in [6.07, 6.45) is 4.01. The number of hydrogen-bond acceptors (Lipinski definition) is 4. The molecular formula is C24H29N3O3S. The van der Waals surface area contributed by atoms with Gasteiger partial charge >= 0.3 is 0 Å². The lowest BCUT2D eigenvalue weighted by Crippen LogP contribution is -2.41. The molecule has 0 aromatic heterocycles. The Bertz CT molecular complexity index is 1110. The Hall–Kier alpha value is -2.67. The van der Waals surface area contributed by atoms with Crippen molar-refractivity contribution in [3.8, 4) is 0 Å². The summed E-state index contributed by atoms with van der Waals surface area (Å²) in [6.45, 7) is 4.55. The van der Waals surface area contributed by atoms with Crippen molar-refractivity contribution in [3.05, 3.63) is 65.2 Å². The van der Waals surface area contributed by atoms with Crippen molar-refractivity contribution < 1.29 is 13.2 Å². The second kappa shape index (κ2) is 8.83. The molecule has 0 unspecified atom stereocenters. The van der Waals surface area contributed by atoms with Crippen LogP contribution in [0.1, 0.15) is 55.7 Å². The zero-order valence-electron chi connectivity index (χ0n) is 18.0. The van der Waals surface area contributed by atoms with E-state index in [2.05, 4.69) is 39.3 Å². The smallest absolute Gasteiger partial charge is 0.263 e. The number of aliphatic imine (C=N–C) groups is 1. The van der Waals surface area contributed by atoms with Crippen LogP contribution in [0.15, 0.2) is 58.4 Å². The monoisotopic (exact) mass is 439 g/mol. The molecular weight excluding hydrogens is 410 g/mol. The lowest BCUT2D eigenvalue weighted by molar-refractivity contribution is -0.123. The van der Waals surface area contributed by atoms with Gasteiger partial charge < -0.3 is 5.32 Å². The van der Waals surface area contributed by atoms with Crippen molar-refractivity contribution in [2.75, 3.05) is 6.54 Å². The van der Waals surface area contributed by atoms with Crippen LogP contribution in [0, 0.1) is 5.92 Å². The molecule has 0 bridgehead atoms. The molecule has 2 aliphatic rings. The van der Waals surface area contributed by atoms with Crippen LogP contribution in [0.2, 0.25) is 0 Å². The van der Waals surface area contributed by atoms with Crippen LogP contribution < -0.4 is 10.0 Å². The van der Waals surface area contributed by atoms with Gasteiger partial charge in [-0.3, -0.25) is 14.5 Å². The first-order chi connectivity index (χ1) is 14.9. The predicted molar refractivity (Wildman–Crippen MR) is 122 cm³/mol. The van der Waals surface area contributed by atoms with Crippen LogP contribution in [-0.4, -0.2) is 32.7 Å². The fraction of sp³-hybridized carbons (Fsp3) is 0.417. The molecule has 164 valence electrons. The minimum Gasteiger partial charge on any atom is -0.354 e. The molecule has 7 heteroatoms. The Morgan fingerprint density at radius 3 is 2.74 bits per heavy atom. The SMILES string of the molecule is CC[C@H](C)[C@H](N=C1NS(=O)(=O)c2ccccc21)C(=O)NC[C@H]1CCCc2ccccc21. The average Bonchev–Trinajstić information content (AvgIpc) is 3.05. The van der Waals surface area contributed by atoms with Crippen molar-refractivity contribution in [1.82, 2.24) is 10.0 Å². The maximum absolute atomic E-state index is 13.2. The number of sulfonamides is 1. The highest BCUT2D eigenvalue weighted by Crippen LogP contribution is 2.31. The number of carbonyl (C=O) groups is 1. The second-order valence-corrected chi connectivity index (χ2v) is 10.1. The van der Waals surface area contributed by atoms with Crippen molar-refractivity contribution in [2.24, 2.45) is 10.9 Å². The number of rotatable bonds is 6. The van der Waals surface area contributed by atoms with Crippen LogP contribution in [-0.2, 0) is 21.2 Å². The van der Waals surface area contributed by atoms with Gasteiger partial charge in [-0.1, -0.05) is 56.7 Å². The van der Waals surface area contributed by atoms with Crippen molar-refractivity contribution in [2.45, 2.75) is 56.4 Å². The van der Waals surface area contributed by atoms with E-state index in [1.54, 1.807) is 24.3 Å². The van der Waals surface area contributed by atoms with Gasteiger partial charge in [0.15, 0.2) is 0 Å². The number of fused-ring (bicyclic) bond motifs is 2. The van der Waals surface area contributed by atoms with E-state index in [0.717, 1.165) is 25.7 Å². The van der Waals surface area contributed by atoms with Crippen LogP contribution >= 0.6 is 0 Å². The first kappa shape index (κ1) is 21.6. The summed E-state index contributed by atoms with van der Waals surface area (Å²) in [4.78, 5) is 18.0. The fourth-order valence-electron chi connectivity index (χ4n) is 4.43. The molecule has 2 aromatic carbocycles. The van der Waals surface area contributed by atoms with Crippen LogP contribution in [0.4, 0.5) is 0 Å². The first-order valence-corrected chi connectivity index (χ1v) is 12.4. The number of aryl methyl sites for hydroxylation is 1. The van der Waals surface area contributed by atoms with Gasteiger partial charge in [-0.05, 0) is 48.4 Å². The Labute approximate surface area is 184 Å². The van der Waals surface area contributed by atoms with Gasteiger partial charge in [0, 0.05) is 18.0 Å². The van der Waals surface area contributed by atoms with Crippen molar-refractivity contribution in [1.29, 1.82) is 0 Å². The quantitative estimate of drug-likeness (QED) is 0.723. The average molecular weight is 440 g/mol. The predicted octanol–water partition coefficient (Wildman–Crippen LogP) is 3.38. The number of nitrogens with zero attached hydrogens (tertiary/aromatic N) is 1. The molecule has 1 heterocycles. The summed E-state index contributed by atoms with van der Waals surface area (Å²) >= 11 is 0. The number of amidine groups is 1. The molecule has 2 N–H and O–H groups in total. The molecule has 0 radical (unpaired) electrons. The third-order valence-corrected chi connectivity index (χ3v) is 7.80. The van der Waals surface area contributed by atoms with Crippen LogP contribution in [0.3, 0.4) is 0 Å². The molecule has 1 aliphatic heterocycles. The van der Waals surface area contributed by atoms with E-state index in [-0.39, 0.29) is 22.6 Å². The van der Waals surface area contributed by atoms with E-state index in [1.165, 1.54) is 11.1 Å². The van der Waals surface area contributed by atoms with E-state index in [1.807, 2.05) is 13.8 Å². The zero-order chi connectivity index (χ0) is 22.0. The lowest BCUT2D eigenvalue weighted by Gasteiger charge is -2.27. The highest BCUT2D eigenvalue weighted by Gasteiger charge is 2.33. The summed E-state index contributed by atoms with van der Waals surface area (Å²) in [6, 6.07) is 14.5. The van der Waals surface area contributed by atoms with Gasteiger partial charge in [-0.25, -0.2) is 8.42 Å². The minimum absolute atomic E-state index is 0.0246. The van der Waals surface area contributed by atoms with Gasteiger partial charge in [-0.2, -0.15) is 0 Å². The third-order valence-electron chi connectivity index (χ3n) is 6.40. The Morgan fingerprint density at radius 2 is 1.94 bits per heavy atom. The first-order valence-electron chi connectivity index (χ1n) is 11.0. The van der Waals surface area contributed by atoms with E-state index >= 15 is 0 Å². The molecule has 2 aromatic rings. The molecule has 0 fully saturated rings. The number of hydrogen-bond donors (Lipinski definition) is 2. The molecule has 1 amide bonds. The van der Waals surface area contributed by atoms with Gasteiger partial charge in [0.2, 0.25) is 5.91 Å². The van der Waals surface area contributed by atoms with Crippen LogP contribution in [0.5, 0.6) is 0 Å². The van der Waals surface area contributed by atoms with E-state index in [0.29, 0.717) is 18.0 Å². The fourth-order valence-corrected chi connectivity index (χ4v) is 5.67. The second-order valence-electron chi connectivity index (χ2n) is 8.44. The minimum atomic E-state index is -3.63. The molecule has 1 aliphatic carbocycles. The molecule has 0 spiro atoms. The molecule has 31 heavy (non-hydrogen) atoms.